The van der Waals surface area contributed by atoms with Crippen LogP contribution < -0.4 is 14.2 Å². The molecule has 1 aliphatic heterocycles. The summed E-state index contributed by atoms with van der Waals surface area (Å²) in [7, 11) is 0. The van der Waals surface area contributed by atoms with Gasteiger partial charge in [-0.25, -0.2) is 0 Å². The van der Waals surface area contributed by atoms with Crippen LogP contribution in [0.5, 0.6) is 17.2 Å². The zero-order valence-corrected chi connectivity index (χ0v) is 14.8. The third kappa shape index (κ3) is 4.65. The first-order chi connectivity index (χ1) is 12.2. The lowest BCUT2D eigenvalue weighted by Gasteiger charge is -2.25. The molecule has 0 fully saturated rings. The van der Waals surface area contributed by atoms with E-state index in [0.717, 1.165) is 28.4 Å². The van der Waals surface area contributed by atoms with E-state index < -0.39 is 6.10 Å². The smallest absolute Gasteiger partial charge is 0.231 e. The number of rotatable bonds is 8. The molecule has 1 atom stereocenters. The van der Waals surface area contributed by atoms with Gasteiger partial charge >= 0.3 is 0 Å². The highest BCUT2D eigenvalue weighted by Crippen LogP contribution is 2.33. The van der Waals surface area contributed by atoms with E-state index in [-0.39, 0.29) is 6.79 Å². The average molecular weight is 343 g/mol. The molecule has 134 valence electrons. The molecule has 25 heavy (non-hydrogen) atoms. The predicted octanol–water partition coefficient (Wildman–Crippen LogP) is 3.20. The van der Waals surface area contributed by atoms with Crippen LogP contribution in [0.1, 0.15) is 25.0 Å². The average Bonchev–Trinajstić information content (AvgIpc) is 3.04. The maximum absolute atomic E-state index is 9.89. The molecule has 0 bridgehead atoms. The number of benzene rings is 2. The number of hydrogen-bond donors (Lipinski definition) is 1. The van der Waals surface area contributed by atoms with Crippen molar-refractivity contribution in [1.29, 1.82) is 0 Å². The molecule has 0 saturated heterocycles. The van der Waals surface area contributed by atoms with Gasteiger partial charge in [-0.2, -0.15) is 0 Å². The normalized spacial score (nSPS) is 13.9. The third-order valence-corrected chi connectivity index (χ3v) is 4.03. The molecule has 0 radical (unpaired) electrons. The lowest BCUT2D eigenvalue weighted by Crippen LogP contribution is -2.30. The van der Waals surface area contributed by atoms with Crippen molar-refractivity contribution in [3.05, 3.63) is 53.6 Å². The monoisotopic (exact) mass is 343 g/mol. The standard InChI is InChI=1S/C20H25NO4/c1-3-23-18-7-5-4-6-17(18)13-21(11-15(2)22)12-16-8-9-19-20(10-16)25-14-24-19/h4-10,15,22H,3,11-14H2,1-2H3/t15-/m0/s1. The SMILES string of the molecule is CCOc1ccccc1CN(Cc1ccc2c(c1)OCO2)C[C@H](C)O. The van der Waals surface area contributed by atoms with Crippen LogP contribution in [0.2, 0.25) is 0 Å². The summed E-state index contributed by atoms with van der Waals surface area (Å²) in [5, 5.41) is 9.89. The highest BCUT2D eigenvalue weighted by atomic mass is 16.7. The lowest BCUT2D eigenvalue weighted by molar-refractivity contribution is 0.117. The Morgan fingerprint density at radius 3 is 2.72 bits per heavy atom. The number of ether oxygens (including phenoxy) is 3. The van der Waals surface area contributed by atoms with E-state index in [9.17, 15) is 5.11 Å². The third-order valence-electron chi connectivity index (χ3n) is 4.03. The second-order valence-electron chi connectivity index (χ2n) is 6.25. The Morgan fingerprint density at radius 1 is 1.12 bits per heavy atom. The van der Waals surface area contributed by atoms with Crippen LogP contribution in [0.3, 0.4) is 0 Å². The Labute approximate surface area is 148 Å². The second-order valence-corrected chi connectivity index (χ2v) is 6.25. The minimum absolute atomic E-state index is 0.276. The Morgan fingerprint density at radius 2 is 1.92 bits per heavy atom. The van der Waals surface area contributed by atoms with Crippen molar-refractivity contribution >= 4 is 0 Å². The van der Waals surface area contributed by atoms with E-state index in [1.807, 2.05) is 43.3 Å². The van der Waals surface area contributed by atoms with Gasteiger partial charge < -0.3 is 19.3 Å². The van der Waals surface area contributed by atoms with Crippen LogP contribution >= 0.6 is 0 Å². The van der Waals surface area contributed by atoms with Crippen LogP contribution in [0.15, 0.2) is 42.5 Å². The Hall–Kier alpha value is -2.24. The molecule has 0 aliphatic carbocycles. The minimum atomic E-state index is -0.409. The fourth-order valence-electron chi connectivity index (χ4n) is 3.03. The molecule has 2 aromatic carbocycles. The summed E-state index contributed by atoms with van der Waals surface area (Å²) < 4.78 is 16.6. The van der Waals surface area contributed by atoms with Crippen LogP contribution in [-0.4, -0.2) is 36.1 Å². The fraction of sp³-hybridized carbons (Fsp3) is 0.400. The largest absolute Gasteiger partial charge is 0.494 e. The van der Waals surface area contributed by atoms with Crippen LogP contribution in [0, 0.1) is 0 Å². The predicted molar refractivity (Wildman–Crippen MR) is 96.0 cm³/mol. The van der Waals surface area contributed by atoms with E-state index in [0.29, 0.717) is 26.2 Å². The summed E-state index contributed by atoms with van der Waals surface area (Å²) in [5.74, 6) is 2.46. The van der Waals surface area contributed by atoms with Crippen molar-refractivity contribution in [1.82, 2.24) is 4.90 Å². The molecule has 5 heteroatoms. The molecular weight excluding hydrogens is 318 g/mol. The van der Waals surface area contributed by atoms with Gasteiger partial charge in [0.05, 0.1) is 12.7 Å². The van der Waals surface area contributed by atoms with Gasteiger partial charge in [-0.05, 0) is 37.6 Å². The summed E-state index contributed by atoms with van der Waals surface area (Å²) in [4.78, 5) is 2.21. The Kier molecular flexibility index (Phi) is 5.79. The van der Waals surface area contributed by atoms with Crippen molar-refractivity contribution in [2.24, 2.45) is 0 Å². The Bertz CT molecular complexity index is 702. The molecule has 2 aromatic rings. The molecule has 1 aliphatic rings. The molecule has 0 aromatic heterocycles. The van der Waals surface area contributed by atoms with E-state index in [1.54, 1.807) is 6.92 Å². The number of para-hydroxylation sites is 1. The van der Waals surface area contributed by atoms with Crippen molar-refractivity contribution in [2.75, 3.05) is 19.9 Å². The van der Waals surface area contributed by atoms with Crippen LogP contribution in [-0.2, 0) is 13.1 Å². The van der Waals surface area contributed by atoms with Gasteiger partial charge in [0, 0.05) is 25.2 Å². The summed E-state index contributed by atoms with van der Waals surface area (Å²) >= 11 is 0. The van der Waals surface area contributed by atoms with Gasteiger partial charge in [0.15, 0.2) is 11.5 Å². The summed E-state index contributed by atoms with van der Waals surface area (Å²) in [6, 6.07) is 14.0. The summed E-state index contributed by atoms with van der Waals surface area (Å²) in [6.07, 6.45) is -0.409. The van der Waals surface area contributed by atoms with Crippen molar-refractivity contribution in [2.45, 2.75) is 33.0 Å². The highest BCUT2D eigenvalue weighted by Gasteiger charge is 2.16. The number of hydrogen-bond acceptors (Lipinski definition) is 5. The van der Waals surface area contributed by atoms with Gasteiger partial charge in [-0.3, -0.25) is 4.90 Å². The fourth-order valence-corrected chi connectivity index (χ4v) is 3.03. The van der Waals surface area contributed by atoms with Gasteiger partial charge in [0.2, 0.25) is 6.79 Å². The quantitative estimate of drug-likeness (QED) is 0.798. The topological polar surface area (TPSA) is 51.2 Å². The first-order valence-electron chi connectivity index (χ1n) is 8.65. The molecule has 0 saturated carbocycles. The van der Waals surface area contributed by atoms with Gasteiger partial charge in [0.25, 0.3) is 0 Å². The maximum atomic E-state index is 9.89. The highest BCUT2D eigenvalue weighted by molar-refractivity contribution is 5.44. The van der Waals surface area contributed by atoms with Crippen molar-refractivity contribution in [3.63, 3.8) is 0 Å². The van der Waals surface area contributed by atoms with Crippen molar-refractivity contribution in [3.8, 4) is 17.2 Å². The molecule has 1 heterocycles. The molecule has 0 amide bonds. The Balaban J connectivity index is 1.76. The molecule has 1 N–H and O–H groups in total. The number of aliphatic hydroxyl groups excluding tert-OH is 1. The van der Waals surface area contributed by atoms with Crippen LogP contribution in [0.4, 0.5) is 0 Å². The minimum Gasteiger partial charge on any atom is -0.494 e. The van der Waals surface area contributed by atoms with Gasteiger partial charge in [0.1, 0.15) is 5.75 Å². The molecule has 3 rings (SSSR count). The van der Waals surface area contributed by atoms with Crippen molar-refractivity contribution < 1.29 is 19.3 Å². The maximum Gasteiger partial charge on any atom is 0.231 e. The van der Waals surface area contributed by atoms with E-state index in [2.05, 4.69) is 11.0 Å². The molecular formula is C20H25NO4. The number of aliphatic hydroxyl groups is 1. The van der Waals surface area contributed by atoms with E-state index in [4.69, 9.17) is 14.2 Å². The zero-order chi connectivity index (χ0) is 17.6. The lowest BCUT2D eigenvalue weighted by atomic mass is 10.1. The summed E-state index contributed by atoms with van der Waals surface area (Å²) in [5.41, 5.74) is 2.24. The molecule has 0 unspecified atom stereocenters. The van der Waals surface area contributed by atoms with Gasteiger partial charge in [-0.15, -0.1) is 0 Å². The first-order valence-corrected chi connectivity index (χ1v) is 8.65. The van der Waals surface area contributed by atoms with Crippen LogP contribution in [0.25, 0.3) is 0 Å². The number of nitrogens with zero attached hydrogens (tertiary/aromatic N) is 1. The summed E-state index contributed by atoms with van der Waals surface area (Å²) in [6.45, 7) is 6.69. The molecule has 0 spiro atoms. The second kappa shape index (κ2) is 8.23. The number of fused-ring (bicyclic) bond motifs is 1. The van der Waals surface area contributed by atoms with E-state index in [1.165, 1.54) is 0 Å². The molecule has 5 nitrogen and oxygen atoms in total. The zero-order valence-electron chi connectivity index (χ0n) is 14.8. The van der Waals surface area contributed by atoms with Gasteiger partial charge in [-0.1, -0.05) is 24.3 Å². The first kappa shape index (κ1) is 17.6. The van der Waals surface area contributed by atoms with E-state index >= 15 is 0 Å².